The number of hydrogen-bond acceptors (Lipinski definition) is 6. The van der Waals surface area contributed by atoms with Crippen LogP contribution in [0.15, 0.2) is 47.0 Å². The smallest absolute Gasteiger partial charge is 0.343 e. The van der Waals surface area contributed by atoms with Crippen molar-refractivity contribution in [3.63, 3.8) is 0 Å². The topological polar surface area (TPSA) is 95.6 Å². The third-order valence-corrected chi connectivity index (χ3v) is 4.39. The lowest BCUT2D eigenvalue weighted by Crippen LogP contribution is -2.17. The number of aromatic nitrogens is 2. The van der Waals surface area contributed by atoms with Gasteiger partial charge in [-0.05, 0) is 43.2 Å². The van der Waals surface area contributed by atoms with E-state index in [1.54, 1.807) is 26.1 Å². The molecular weight excluding hydrogens is 386 g/mol. The first-order chi connectivity index (χ1) is 14.5. The Hall–Kier alpha value is -3.55. The molecule has 158 valence electrons. The second-order valence-corrected chi connectivity index (χ2v) is 6.65. The largest absolute Gasteiger partial charge is 0.486 e. The van der Waals surface area contributed by atoms with E-state index in [0.29, 0.717) is 5.76 Å². The zero-order valence-corrected chi connectivity index (χ0v) is 17.3. The summed E-state index contributed by atoms with van der Waals surface area (Å²) in [5.74, 6) is 0.515. The monoisotopic (exact) mass is 411 g/mol. The van der Waals surface area contributed by atoms with Crippen LogP contribution in [-0.4, -0.2) is 28.3 Å². The number of aryl methyl sites for hydroxylation is 2. The summed E-state index contributed by atoms with van der Waals surface area (Å²) in [6.45, 7) is 4.27. The molecule has 0 spiro atoms. The van der Waals surface area contributed by atoms with Crippen LogP contribution in [0, 0.1) is 0 Å². The van der Waals surface area contributed by atoms with Crippen molar-refractivity contribution < 1.29 is 23.5 Å². The molecule has 1 amide bonds. The highest BCUT2D eigenvalue weighted by atomic mass is 16.5. The van der Waals surface area contributed by atoms with Gasteiger partial charge in [-0.2, -0.15) is 5.10 Å². The molecule has 0 radical (unpaired) electrons. The van der Waals surface area contributed by atoms with Crippen LogP contribution in [0.1, 0.15) is 52.5 Å². The zero-order chi connectivity index (χ0) is 21.5. The molecule has 0 atom stereocenters. The third-order valence-electron chi connectivity index (χ3n) is 4.39. The van der Waals surface area contributed by atoms with E-state index in [-0.39, 0.29) is 30.4 Å². The minimum Gasteiger partial charge on any atom is -0.486 e. The highest BCUT2D eigenvalue weighted by Crippen LogP contribution is 2.19. The third kappa shape index (κ3) is 5.08. The van der Waals surface area contributed by atoms with Crippen molar-refractivity contribution in [1.82, 2.24) is 9.78 Å². The molecule has 0 bridgehead atoms. The fourth-order valence-electron chi connectivity index (χ4n) is 2.89. The summed E-state index contributed by atoms with van der Waals surface area (Å²) in [5.41, 5.74) is 1.44. The van der Waals surface area contributed by atoms with Gasteiger partial charge in [0.1, 0.15) is 29.5 Å². The second-order valence-electron chi connectivity index (χ2n) is 6.65. The van der Waals surface area contributed by atoms with Crippen LogP contribution in [0.4, 0.5) is 5.82 Å². The van der Waals surface area contributed by atoms with Gasteiger partial charge in [0, 0.05) is 7.05 Å². The Kier molecular flexibility index (Phi) is 6.90. The van der Waals surface area contributed by atoms with E-state index in [9.17, 15) is 9.59 Å². The predicted molar refractivity (Wildman–Crippen MR) is 111 cm³/mol. The highest BCUT2D eigenvalue weighted by molar-refractivity contribution is 6.05. The lowest BCUT2D eigenvalue weighted by molar-refractivity contribution is 0.0527. The van der Waals surface area contributed by atoms with E-state index in [0.717, 1.165) is 18.6 Å². The summed E-state index contributed by atoms with van der Waals surface area (Å²) in [7, 11) is 1.62. The lowest BCUT2D eigenvalue weighted by Gasteiger charge is -2.07. The van der Waals surface area contributed by atoms with Crippen molar-refractivity contribution >= 4 is 17.7 Å². The first-order valence-corrected chi connectivity index (χ1v) is 9.82. The van der Waals surface area contributed by atoms with E-state index in [1.165, 1.54) is 16.4 Å². The van der Waals surface area contributed by atoms with E-state index >= 15 is 0 Å². The van der Waals surface area contributed by atoms with Gasteiger partial charge in [-0.1, -0.05) is 25.5 Å². The highest BCUT2D eigenvalue weighted by Gasteiger charge is 2.21. The van der Waals surface area contributed by atoms with Gasteiger partial charge in [-0.15, -0.1) is 0 Å². The number of rotatable bonds is 9. The number of furan rings is 1. The van der Waals surface area contributed by atoms with Crippen LogP contribution in [0.5, 0.6) is 5.75 Å². The number of amides is 1. The van der Waals surface area contributed by atoms with Gasteiger partial charge in [0.05, 0.1) is 12.8 Å². The average molecular weight is 411 g/mol. The molecule has 8 heteroatoms. The number of carbonyl (C=O) groups is 2. The molecule has 8 nitrogen and oxygen atoms in total. The minimum atomic E-state index is -0.556. The minimum absolute atomic E-state index is 0.0999. The summed E-state index contributed by atoms with van der Waals surface area (Å²) in [5, 5.41) is 6.65. The molecule has 0 saturated carbocycles. The Bertz CT molecular complexity index is 1000. The van der Waals surface area contributed by atoms with E-state index in [4.69, 9.17) is 13.9 Å². The van der Waals surface area contributed by atoms with Crippen LogP contribution >= 0.6 is 0 Å². The summed E-state index contributed by atoms with van der Waals surface area (Å²) in [6, 6.07) is 11.1. The molecule has 3 rings (SSSR count). The maximum absolute atomic E-state index is 12.5. The summed E-state index contributed by atoms with van der Waals surface area (Å²) < 4.78 is 17.7. The quantitative estimate of drug-likeness (QED) is 0.535. The SMILES string of the molecule is CCCc1ccc(OCc2ccc(C(=O)Nc3c(C(=O)OCC)cnn3C)o2)cc1. The van der Waals surface area contributed by atoms with Crippen molar-refractivity contribution in [1.29, 1.82) is 0 Å². The number of anilines is 1. The molecule has 1 aromatic carbocycles. The normalized spacial score (nSPS) is 10.6. The molecule has 1 N–H and O–H groups in total. The van der Waals surface area contributed by atoms with Crippen LogP contribution < -0.4 is 10.1 Å². The average Bonchev–Trinajstić information content (AvgIpc) is 3.35. The van der Waals surface area contributed by atoms with Gasteiger partial charge < -0.3 is 19.2 Å². The fourth-order valence-corrected chi connectivity index (χ4v) is 2.89. The zero-order valence-electron chi connectivity index (χ0n) is 17.3. The van der Waals surface area contributed by atoms with E-state index < -0.39 is 11.9 Å². The number of esters is 1. The Labute approximate surface area is 174 Å². The van der Waals surface area contributed by atoms with Crippen molar-refractivity contribution in [2.75, 3.05) is 11.9 Å². The van der Waals surface area contributed by atoms with Crippen LogP contribution in [0.2, 0.25) is 0 Å². The molecule has 0 aliphatic carbocycles. The van der Waals surface area contributed by atoms with Gasteiger partial charge >= 0.3 is 5.97 Å². The Morgan fingerprint density at radius 1 is 1.13 bits per heavy atom. The molecule has 2 heterocycles. The number of nitrogens with one attached hydrogen (secondary N) is 1. The Morgan fingerprint density at radius 2 is 1.90 bits per heavy atom. The predicted octanol–water partition coefficient (Wildman–Crippen LogP) is 3.97. The van der Waals surface area contributed by atoms with Gasteiger partial charge in [0.2, 0.25) is 0 Å². The molecule has 0 unspecified atom stereocenters. The number of nitrogens with zero attached hydrogens (tertiary/aromatic N) is 2. The Balaban J connectivity index is 1.61. The number of carbonyl (C=O) groups excluding carboxylic acids is 2. The molecule has 0 saturated heterocycles. The van der Waals surface area contributed by atoms with Crippen molar-refractivity contribution in [3.8, 4) is 5.75 Å². The maximum Gasteiger partial charge on any atom is 0.343 e. The molecule has 3 aromatic rings. The maximum atomic E-state index is 12.5. The van der Waals surface area contributed by atoms with Crippen LogP contribution in [0.25, 0.3) is 0 Å². The standard InChI is InChI=1S/C22H25N3O5/c1-4-6-15-7-9-16(10-8-15)29-14-17-11-12-19(30-17)21(26)24-20-18(13-23-25(20)3)22(27)28-5-2/h7-13H,4-6,14H2,1-3H3,(H,24,26). The second kappa shape index (κ2) is 9.78. The summed E-state index contributed by atoms with van der Waals surface area (Å²) in [6.07, 6.45) is 3.48. The summed E-state index contributed by atoms with van der Waals surface area (Å²) in [4.78, 5) is 24.6. The first-order valence-electron chi connectivity index (χ1n) is 9.82. The van der Waals surface area contributed by atoms with Crippen molar-refractivity contribution in [2.45, 2.75) is 33.3 Å². The van der Waals surface area contributed by atoms with Gasteiger partial charge in [0.25, 0.3) is 5.91 Å². The first kappa shape index (κ1) is 21.2. The molecule has 0 aliphatic rings. The van der Waals surface area contributed by atoms with Crippen LogP contribution in [-0.2, 0) is 24.8 Å². The number of ether oxygens (including phenoxy) is 2. The van der Waals surface area contributed by atoms with E-state index in [1.807, 2.05) is 24.3 Å². The molecule has 0 aliphatic heterocycles. The van der Waals surface area contributed by atoms with Crippen LogP contribution in [0.3, 0.4) is 0 Å². The van der Waals surface area contributed by atoms with E-state index in [2.05, 4.69) is 17.3 Å². The number of benzene rings is 1. The summed E-state index contributed by atoms with van der Waals surface area (Å²) >= 11 is 0. The lowest BCUT2D eigenvalue weighted by atomic mass is 10.1. The molecular formula is C22H25N3O5. The molecule has 2 aromatic heterocycles. The van der Waals surface area contributed by atoms with Gasteiger partial charge in [-0.25, -0.2) is 4.79 Å². The fraction of sp³-hybridized carbons (Fsp3) is 0.318. The van der Waals surface area contributed by atoms with Crippen molar-refractivity contribution in [3.05, 3.63) is 65.2 Å². The van der Waals surface area contributed by atoms with Gasteiger partial charge in [0.15, 0.2) is 5.76 Å². The molecule has 30 heavy (non-hydrogen) atoms. The Morgan fingerprint density at radius 3 is 2.60 bits per heavy atom. The number of hydrogen-bond donors (Lipinski definition) is 1. The van der Waals surface area contributed by atoms with Crippen molar-refractivity contribution in [2.24, 2.45) is 7.05 Å². The van der Waals surface area contributed by atoms with Gasteiger partial charge in [-0.3, -0.25) is 9.48 Å². The molecule has 0 fully saturated rings.